The van der Waals surface area contributed by atoms with Crippen molar-refractivity contribution < 1.29 is 8.42 Å². The van der Waals surface area contributed by atoms with Crippen molar-refractivity contribution in [3.05, 3.63) is 27.2 Å². The van der Waals surface area contributed by atoms with Gasteiger partial charge in [-0.05, 0) is 37.5 Å². The van der Waals surface area contributed by atoms with Gasteiger partial charge in [-0.15, -0.1) is 0 Å². The summed E-state index contributed by atoms with van der Waals surface area (Å²) in [5.74, 6) is 0. The fourth-order valence-corrected chi connectivity index (χ4v) is 4.90. The van der Waals surface area contributed by atoms with Crippen molar-refractivity contribution in [2.45, 2.75) is 31.2 Å². The number of benzene rings is 1. The molecule has 0 amide bonds. The summed E-state index contributed by atoms with van der Waals surface area (Å²) in [5, 5.41) is 0.645. The van der Waals surface area contributed by atoms with Gasteiger partial charge in [0.25, 0.3) is 0 Å². The maximum absolute atomic E-state index is 12.7. The molecule has 106 valence electrons. The highest BCUT2D eigenvalue weighted by molar-refractivity contribution is 7.89. The summed E-state index contributed by atoms with van der Waals surface area (Å²) in [4.78, 5) is 0.105. The zero-order valence-corrected chi connectivity index (χ0v) is 13.1. The molecule has 1 aliphatic heterocycles. The lowest BCUT2D eigenvalue weighted by Gasteiger charge is -2.20. The van der Waals surface area contributed by atoms with Crippen LogP contribution in [-0.4, -0.2) is 31.9 Å². The maximum atomic E-state index is 12.7. The number of hydrogen-bond donors (Lipinski definition) is 1. The highest BCUT2D eigenvalue weighted by atomic mass is 35.5. The highest BCUT2D eigenvalue weighted by Gasteiger charge is 2.34. The lowest BCUT2D eigenvalue weighted by molar-refractivity contribution is 0.472. The minimum Gasteiger partial charge on any atom is -0.326 e. The van der Waals surface area contributed by atoms with Crippen LogP contribution in [0.3, 0.4) is 0 Å². The van der Waals surface area contributed by atoms with E-state index in [1.54, 1.807) is 19.9 Å². The Morgan fingerprint density at radius 1 is 1.37 bits per heavy atom. The summed E-state index contributed by atoms with van der Waals surface area (Å²) in [5.41, 5.74) is 6.91. The second-order valence-corrected chi connectivity index (χ2v) is 7.52. The van der Waals surface area contributed by atoms with Crippen molar-refractivity contribution in [1.82, 2.24) is 4.31 Å². The first-order valence-electron chi connectivity index (χ1n) is 5.96. The van der Waals surface area contributed by atoms with Crippen LogP contribution >= 0.6 is 23.2 Å². The van der Waals surface area contributed by atoms with Gasteiger partial charge in [-0.2, -0.15) is 4.31 Å². The summed E-state index contributed by atoms with van der Waals surface area (Å²) in [6.07, 6.45) is 0.662. The molecule has 0 spiro atoms. The van der Waals surface area contributed by atoms with E-state index in [0.29, 0.717) is 35.7 Å². The minimum atomic E-state index is -3.64. The smallest absolute Gasteiger partial charge is 0.244 e. The third-order valence-electron chi connectivity index (χ3n) is 3.37. The van der Waals surface area contributed by atoms with E-state index in [4.69, 9.17) is 28.9 Å². The lowest BCUT2D eigenvalue weighted by atomic mass is 10.2. The molecule has 1 aromatic rings. The Bertz CT molecular complexity index is 590. The number of nitrogens with two attached hydrogens (primary N) is 1. The quantitative estimate of drug-likeness (QED) is 0.908. The van der Waals surface area contributed by atoms with Crippen LogP contribution in [0.5, 0.6) is 0 Å². The molecular formula is C12H16Cl2N2O2S. The van der Waals surface area contributed by atoms with Crippen LogP contribution in [0.25, 0.3) is 0 Å². The van der Waals surface area contributed by atoms with Gasteiger partial charge in [0.1, 0.15) is 4.90 Å². The van der Waals surface area contributed by atoms with E-state index in [1.165, 1.54) is 4.31 Å². The largest absolute Gasteiger partial charge is 0.326 e. The average Bonchev–Trinajstić information content (AvgIpc) is 2.74. The molecule has 0 bridgehead atoms. The van der Waals surface area contributed by atoms with Gasteiger partial charge >= 0.3 is 0 Å². The van der Waals surface area contributed by atoms with Crippen LogP contribution in [-0.2, 0) is 10.0 Å². The molecular weight excluding hydrogens is 307 g/mol. The van der Waals surface area contributed by atoms with Crippen molar-refractivity contribution in [2.75, 3.05) is 13.1 Å². The second-order valence-electron chi connectivity index (χ2n) is 4.86. The molecule has 2 rings (SSSR count). The number of aryl methyl sites for hydroxylation is 1. The van der Waals surface area contributed by atoms with E-state index in [1.807, 2.05) is 0 Å². The summed E-state index contributed by atoms with van der Waals surface area (Å²) < 4.78 is 26.7. The van der Waals surface area contributed by atoms with Gasteiger partial charge in [-0.25, -0.2) is 8.42 Å². The Morgan fingerprint density at radius 3 is 2.53 bits per heavy atom. The molecule has 1 fully saturated rings. The number of halogens is 2. The molecule has 1 aromatic carbocycles. The monoisotopic (exact) mass is 322 g/mol. The van der Waals surface area contributed by atoms with E-state index in [-0.39, 0.29) is 16.0 Å². The predicted octanol–water partition coefficient (Wildman–Crippen LogP) is 2.33. The average molecular weight is 323 g/mol. The van der Waals surface area contributed by atoms with Crippen LogP contribution in [0.15, 0.2) is 11.0 Å². The van der Waals surface area contributed by atoms with Gasteiger partial charge in [0.05, 0.1) is 5.02 Å². The number of rotatable bonds is 2. The Balaban J connectivity index is 2.58. The third-order valence-corrected chi connectivity index (χ3v) is 6.40. The van der Waals surface area contributed by atoms with E-state index in [2.05, 4.69) is 0 Å². The first-order valence-corrected chi connectivity index (χ1v) is 8.15. The summed E-state index contributed by atoms with van der Waals surface area (Å²) in [7, 11) is -3.64. The molecule has 1 atom stereocenters. The Hall–Kier alpha value is -0.330. The highest BCUT2D eigenvalue weighted by Crippen LogP contribution is 2.35. The summed E-state index contributed by atoms with van der Waals surface area (Å²) in [6, 6.07) is 1.56. The molecule has 0 radical (unpaired) electrons. The van der Waals surface area contributed by atoms with Gasteiger partial charge in [-0.3, -0.25) is 0 Å². The Labute approximate surface area is 123 Å². The SMILES string of the molecule is Cc1cc(Cl)c(C)c(S(=O)(=O)N2CCC(N)C2)c1Cl. The first-order chi connectivity index (χ1) is 8.75. The van der Waals surface area contributed by atoms with Crippen molar-refractivity contribution >= 4 is 33.2 Å². The number of sulfonamides is 1. The van der Waals surface area contributed by atoms with E-state index in [9.17, 15) is 8.42 Å². The van der Waals surface area contributed by atoms with E-state index in [0.717, 1.165) is 0 Å². The first kappa shape index (κ1) is 15.1. The summed E-state index contributed by atoms with van der Waals surface area (Å²) >= 11 is 12.2. The van der Waals surface area contributed by atoms with Crippen LogP contribution in [0.2, 0.25) is 10.0 Å². The Morgan fingerprint density at radius 2 is 2.00 bits per heavy atom. The summed E-state index contributed by atoms with van der Waals surface area (Å²) in [6.45, 7) is 4.15. The normalized spacial score (nSPS) is 21.0. The van der Waals surface area contributed by atoms with Crippen molar-refractivity contribution in [1.29, 1.82) is 0 Å². The van der Waals surface area contributed by atoms with Gasteiger partial charge in [0, 0.05) is 24.2 Å². The fraction of sp³-hybridized carbons (Fsp3) is 0.500. The van der Waals surface area contributed by atoms with Crippen LogP contribution < -0.4 is 5.73 Å². The fourth-order valence-electron chi connectivity index (χ4n) is 2.22. The zero-order chi connectivity index (χ0) is 14.4. The second kappa shape index (κ2) is 5.22. The van der Waals surface area contributed by atoms with Crippen LogP contribution in [0, 0.1) is 13.8 Å². The van der Waals surface area contributed by atoms with Crippen molar-refractivity contribution in [3.63, 3.8) is 0 Å². The number of nitrogens with zero attached hydrogens (tertiary/aromatic N) is 1. The van der Waals surface area contributed by atoms with Gasteiger partial charge in [-0.1, -0.05) is 23.2 Å². The molecule has 4 nitrogen and oxygen atoms in total. The third kappa shape index (κ3) is 2.62. The lowest BCUT2D eigenvalue weighted by Crippen LogP contribution is -2.32. The molecule has 1 heterocycles. The maximum Gasteiger partial charge on any atom is 0.244 e. The molecule has 2 N–H and O–H groups in total. The Kier molecular flexibility index (Phi) is 4.14. The molecule has 1 unspecified atom stereocenters. The van der Waals surface area contributed by atoms with Gasteiger partial charge < -0.3 is 5.73 Å². The molecule has 0 aromatic heterocycles. The standard InChI is InChI=1S/C12H16Cl2N2O2S/c1-7-5-10(13)8(2)12(11(7)14)19(17,18)16-4-3-9(15)6-16/h5,9H,3-4,6,15H2,1-2H3. The van der Waals surface area contributed by atoms with E-state index >= 15 is 0 Å². The minimum absolute atomic E-state index is 0.105. The molecule has 19 heavy (non-hydrogen) atoms. The topological polar surface area (TPSA) is 63.4 Å². The predicted molar refractivity (Wildman–Crippen MR) is 77.3 cm³/mol. The van der Waals surface area contributed by atoms with Crippen LogP contribution in [0.4, 0.5) is 0 Å². The molecule has 7 heteroatoms. The van der Waals surface area contributed by atoms with Gasteiger partial charge in [0.2, 0.25) is 10.0 Å². The molecule has 1 saturated heterocycles. The van der Waals surface area contributed by atoms with Crippen molar-refractivity contribution in [3.8, 4) is 0 Å². The zero-order valence-electron chi connectivity index (χ0n) is 10.8. The molecule has 0 aliphatic carbocycles. The molecule has 1 aliphatic rings. The number of hydrogen-bond acceptors (Lipinski definition) is 3. The molecule has 0 saturated carbocycles. The van der Waals surface area contributed by atoms with Crippen molar-refractivity contribution in [2.24, 2.45) is 5.73 Å². The van der Waals surface area contributed by atoms with Gasteiger partial charge in [0.15, 0.2) is 0 Å². The van der Waals surface area contributed by atoms with Crippen LogP contribution in [0.1, 0.15) is 17.5 Å². The van der Waals surface area contributed by atoms with E-state index < -0.39 is 10.0 Å².